The molecule has 0 atom stereocenters. The molecule has 98 valence electrons. The van der Waals surface area contributed by atoms with Crippen LogP contribution in [0.5, 0.6) is 11.5 Å². The average Bonchev–Trinajstić information content (AvgIpc) is 2.87. The van der Waals surface area contributed by atoms with Crippen molar-refractivity contribution >= 4 is 16.7 Å². The molecule has 0 fully saturated rings. The number of rotatable bonds is 2. The number of anilines is 1. The van der Waals surface area contributed by atoms with Crippen molar-refractivity contribution < 1.29 is 9.13 Å². The lowest BCUT2D eigenvalue weighted by atomic mass is 10.2. The third kappa shape index (κ3) is 1.91. The van der Waals surface area contributed by atoms with Crippen LogP contribution in [0.25, 0.3) is 11.0 Å². The van der Waals surface area contributed by atoms with Gasteiger partial charge in [-0.05, 0) is 18.1 Å². The van der Waals surface area contributed by atoms with Gasteiger partial charge in [0.25, 0.3) is 0 Å². The summed E-state index contributed by atoms with van der Waals surface area (Å²) >= 11 is 0. The van der Waals surface area contributed by atoms with Crippen LogP contribution >= 0.6 is 0 Å². The van der Waals surface area contributed by atoms with Crippen molar-refractivity contribution in [3.05, 3.63) is 42.0 Å². The molecule has 1 aromatic carbocycles. The smallest absolute Gasteiger partial charge is 0.185 e. The molecule has 5 nitrogen and oxygen atoms in total. The number of ether oxygens (including phenoxy) is 1. The minimum atomic E-state index is -0.544. The largest absolute Gasteiger partial charge is 0.456 e. The van der Waals surface area contributed by atoms with Crippen LogP contribution in [0.2, 0.25) is 0 Å². The predicted octanol–water partition coefficient (Wildman–Crippen LogP) is 2.45. The Kier molecular flexibility index (Phi) is 2.73. The first kappa shape index (κ1) is 12.0. The first-order chi connectivity index (χ1) is 9.69. The van der Waals surface area contributed by atoms with E-state index in [1.165, 1.54) is 18.3 Å². The summed E-state index contributed by atoms with van der Waals surface area (Å²) in [6.45, 7) is 0. The van der Waals surface area contributed by atoms with E-state index in [9.17, 15) is 4.39 Å². The van der Waals surface area contributed by atoms with Gasteiger partial charge in [-0.25, -0.2) is 9.37 Å². The van der Waals surface area contributed by atoms with Crippen molar-refractivity contribution in [1.29, 1.82) is 0 Å². The van der Waals surface area contributed by atoms with Crippen molar-refractivity contribution in [2.75, 3.05) is 5.73 Å². The van der Waals surface area contributed by atoms with Gasteiger partial charge in [-0.3, -0.25) is 5.10 Å². The van der Waals surface area contributed by atoms with E-state index in [0.29, 0.717) is 28.2 Å². The summed E-state index contributed by atoms with van der Waals surface area (Å²) in [7, 11) is 0. The summed E-state index contributed by atoms with van der Waals surface area (Å²) in [6.07, 6.45) is 6.92. The van der Waals surface area contributed by atoms with E-state index in [1.54, 1.807) is 12.1 Å². The molecule has 20 heavy (non-hydrogen) atoms. The normalized spacial score (nSPS) is 10.4. The van der Waals surface area contributed by atoms with E-state index in [2.05, 4.69) is 21.1 Å². The molecule has 0 saturated heterocycles. The van der Waals surface area contributed by atoms with Gasteiger partial charge in [-0.2, -0.15) is 5.10 Å². The molecule has 0 aliphatic heterocycles. The highest BCUT2D eigenvalue weighted by atomic mass is 19.1. The molecule has 0 radical (unpaired) electrons. The monoisotopic (exact) mass is 268 g/mol. The standard InChI is InChI=1S/C14H9FN4O/c1-2-11-13-12(5-6-17-14(13)19-18-11)20-8-3-4-10(16)9(15)7-8/h1,3-7H,16H2,(H,17,18,19). The third-order valence-corrected chi connectivity index (χ3v) is 2.76. The molecule has 0 saturated carbocycles. The zero-order chi connectivity index (χ0) is 14.1. The lowest BCUT2D eigenvalue weighted by Crippen LogP contribution is -1.92. The second-order valence-corrected chi connectivity index (χ2v) is 4.04. The van der Waals surface area contributed by atoms with Crippen molar-refractivity contribution in [2.45, 2.75) is 0 Å². The number of pyridine rings is 1. The van der Waals surface area contributed by atoms with E-state index in [4.69, 9.17) is 16.9 Å². The van der Waals surface area contributed by atoms with E-state index in [0.717, 1.165) is 0 Å². The van der Waals surface area contributed by atoms with Gasteiger partial charge in [0.15, 0.2) is 5.65 Å². The molecule has 0 amide bonds. The van der Waals surface area contributed by atoms with Crippen LogP contribution in [0.3, 0.4) is 0 Å². The Morgan fingerprint density at radius 3 is 2.95 bits per heavy atom. The first-order valence-corrected chi connectivity index (χ1v) is 5.71. The number of terminal acetylenes is 1. The van der Waals surface area contributed by atoms with E-state index >= 15 is 0 Å². The van der Waals surface area contributed by atoms with Crippen molar-refractivity contribution in [2.24, 2.45) is 0 Å². The quantitative estimate of drug-likeness (QED) is 0.553. The number of halogens is 1. The summed E-state index contributed by atoms with van der Waals surface area (Å²) < 4.78 is 19.1. The Labute approximate surface area is 113 Å². The average molecular weight is 268 g/mol. The maximum Gasteiger partial charge on any atom is 0.185 e. The number of nitrogen functional groups attached to an aromatic ring is 1. The van der Waals surface area contributed by atoms with Gasteiger partial charge >= 0.3 is 0 Å². The second kappa shape index (κ2) is 4.55. The lowest BCUT2D eigenvalue weighted by molar-refractivity contribution is 0.482. The Hall–Kier alpha value is -3.07. The molecule has 3 aromatic rings. The van der Waals surface area contributed by atoms with Crippen molar-refractivity contribution in [3.8, 4) is 23.8 Å². The van der Waals surface area contributed by atoms with Crippen LogP contribution in [0.1, 0.15) is 5.69 Å². The summed E-state index contributed by atoms with van der Waals surface area (Å²) in [6, 6.07) is 5.84. The Morgan fingerprint density at radius 1 is 1.35 bits per heavy atom. The molecule has 3 rings (SSSR count). The SMILES string of the molecule is C#Cc1[nH]nc2nccc(Oc3ccc(N)c(F)c3)c12. The Bertz CT molecular complexity index is 835. The zero-order valence-electron chi connectivity index (χ0n) is 10.2. The second-order valence-electron chi connectivity index (χ2n) is 4.04. The van der Waals surface area contributed by atoms with Gasteiger partial charge < -0.3 is 10.5 Å². The van der Waals surface area contributed by atoms with Crippen LogP contribution < -0.4 is 10.5 Å². The highest BCUT2D eigenvalue weighted by Crippen LogP contribution is 2.30. The van der Waals surface area contributed by atoms with Gasteiger partial charge in [0, 0.05) is 18.3 Å². The highest BCUT2D eigenvalue weighted by molar-refractivity contribution is 5.87. The first-order valence-electron chi connectivity index (χ1n) is 5.71. The van der Waals surface area contributed by atoms with Crippen LogP contribution in [-0.2, 0) is 0 Å². The molecule has 6 heteroatoms. The molecule has 2 aromatic heterocycles. The number of hydrogen-bond acceptors (Lipinski definition) is 4. The topological polar surface area (TPSA) is 76.8 Å². The Balaban J connectivity index is 2.08. The summed E-state index contributed by atoms with van der Waals surface area (Å²) in [5, 5.41) is 7.23. The van der Waals surface area contributed by atoms with Gasteiger partial charge in [-0.15, -0.1) is 6.42 Å². The molecule has 0 spiro atoms. The number of nitrogens with two attached hydrogens (primary N) is 1. The third-order valence-electron chi connectivity index (χ3n) is 2.76. The van der Waals surface area contributed by atoms with Crippen LogP contribution in [-0.4, -0.2) is 15.2 Å². The molecule has 0 unspecified atom stereocenters. The predicted molar refractivity (Wildman–Crippen MR) is 72.7 cm³/mol. The fraction of sp³-hybridized carbons (Fsp3) is 0. The molecule has 2 heterocycles. The van der Waals surface area contributed by atoms with E-state index in [1.807, 2.05) is 0 Å². The maximum absolute atomic E-state index is 13.4. The number of aromatic nitrogens is 3. The molecule has 0 bridgehead atoms. The minimum absolute atomic E-state index is 0.0600. The molecular formula is C14H9FN4O. The van der Waals surface area contributed by atoms with E-state index < -0.39 is 5.82 Å². The zero-order valence-corrected chi connectivity index (χ0v) is 10.2. The number of H-pyrrole nitrogens is 1. The lowest BCUT2D eigenvalue weighted by Gasteiger charge is -2.07. The molecule has 0 aliphatic carbocycles. The van der Waals surface area contributed by atoms with Gasteiger partial charge in [0.2, 0.25) is 0 Å². The molecule has 0 aliphatic rings. The van der Waals surface area contributed by atoms with Crippen LogP contribution in [0.4, 0.5) is 10.1 Å². The molecule has 3 N–H and O–H groups in total. The number of aromatic amines is 1. The number of hydrogen-bond donors (Lipinski definition) is 2. The number of nitrogens with one attached hydrogen (secondary N) is 1. The summed E-state index contributed by atoms with van der Waals surface area (Å²) in [5.41, 5.74) is 6.37. The van der Waals surface area contributed by atoms with E-state index in [-0.39, 0.29) is 5.69 Å². The number of nitrogens with zero attached hydrogens (tertiary/aromatic N) is 2. The Morgan fingerprint density at radius 2 is 2.20 bits per heavy atom. The van der Waals surface area contributed by atoms with Crippen molar-refractivity contribution in [3.63, 3.8) is 0 Å². The highest BCUT2D eigenvalue weighted by Gasteiger charge is 2.12. The molecular weight excluding hydrogens is 259 g/mol. The van der Waals surface area contributed by atoms with Crippen LogP contribution in [0.15, 0.2) is 30.5 Å². The fourth-order valence-corrected chi connectivity index (χ4v) is 1.81. The van der Waals surface area contributed by atoms with Gasteiger partial charge in [0.1, 0.15) is 23.0 Å². The fourth-order valence-electron chi connectivity index (χ4n) is 1.81. The number of benzene rings is 1. The maximum atomic E-state index is 13.4. The van der Waals surface area contributed by atoms with Gasteiger partial charge in [-0.1, -0.05) is 0 Å². The number of fused-ring (bicyclic) bond motifs is 1. The van der Waals surface area contributed by atoms with Crippen molar-refractivity contribution in [1.82, 2.24) is 15.2 Å². The summed E-state index contributed by atoms with van der Waals surface area (Å²) in [4.78, 5) is 4.07. The van der Waals surface area contributed by atoms with Crippen LogP contribution in [0, 0.1) is 18.2 Å². The minimum Gasteiger partial charge on any atom is -0.456 e. The van der Waals surface area contributed by atoms with Gasteiger partial charge in [0.05, 0.1) is 11.1 Å². The summed E-state index contributed by atoms with van der Waals surface area (Å²) in [5.74, 6) is 2.68.